The van der Waals surface area contributed by atoms with E-state index in [1.165, 1.54) is 18.4 Å². The van der Waals surface area contributed by atoms with Gasteiger partial charge in [0.15, 0.2) is 11.5 Å². The van der Waals surface area contributed by atoms with Crippen molar-refractivity contribution in [3.05, 3.63) is 23.8 Å². The molecule has 0 amide bonds. The van der Waals surface area contributed by atoms with Gasteiger partial charge < -0.3 is 14.2 Å². The maximum Gasteiger partial charge on any atom is 0.161 e. The average molecular weight is 277 g/mol. The van der Waals surface area contributed by atoms with Crippen molar-refractivity contribution in [2.75, 3.05) is 40.0 Å². The Kier molecular flexibility index (Phi) is 4.43. The predicted octanol–water partition coefficient (Wildman–Crippen LogP) is 2.63. The minimum atomic E-state index is 0.488. The Hall–Kier alpha value is -1.26. The Morgan fingerprint density at radius 1 is 1.20 bits per heavy atom. The van der Waals surface area contributed by atoms with E-state index in [0.29, 0.717) is 6.04 Å². The highest BCUT2D eigenvalue weighted by Gasteiger charge is 2.26. The normalized spacial score (nSPS) is 22.8. The molecule has 4 heteroatoms. The molecule has 0 bridgehead atoms. The number of methoxy groups -OCH3 is 1. The summed E-state index contributed by atoms with van der Waals surface area (Å²) in [6.07, 6.45) is 3.42. The van der Waals surface area contributed by atoms with Gasteiger partial charge in [-0.1, -0.05) is 6.07 Å². The summed E-state index contributed by atoms with van der Waals surface area (Å²) in [6, 6.07) is 6.89. The lowest BCUT2D eigenvalue weighted by Crippen LogP contribution is -2.27. The second-order valence-corrected chi connectivity index (χ2v) is 5.44. The van der Waals surface area contributed by atoms with Crippen LogP contribution in [0.2, 0.25) is 0 Å². The molecule has 1 atom stereocenters. The monoisotopic (exact) mass is 277 g/mol. The van der Waals surface area contributed by atoms with E-state index in [1.807, 2.05) is 0 Å². The first-order valence-corrected chi connectivity index (χ1v) is 7.51. The molecule has 3 rings (SSSR count). The molecular formula is C16H23NO3. The van der Waals surface area contributed by atoms with Gasteiger partial charge in [0.2, 0.25) is 0 Å². The zero-order valence-electron chi connectivity index (χ0n) is 12.1. The summed E-state index contributed by atoms with van der Waals surface area (Å²) in [5.41, 5.74) is 1.34. The maximum absolute atomic E-state index is 5.80. The first-order valence-electron chi connectivity index (χ1n) is 7.51. The predicted molar refractivity (Wildman–Crippen MR) is 77.5 cm³/mol. The summed E-state index contributed by atoms with van der Waals surface area (Å²) in [5.74, 6) is 1.78. The van der Waals surface area contributed by atoms with E-state index in [0.717, 1.165) is 50.8 Å². The number of likely N-dealkylation sites (tertiary alicyclic amines) is 1. The number of rotatable bonds is 4. The largest absolute Gasteiger partial charge is 0.490 e. The fraction of sp³-hybridized carbons (Fsp3) is 0.625. The number of hydrogen-bond donors (Lipinski definition) is 0. The van der Waals surface area contributed by atoms with Gasteiger partial charge in [-0.05, 0) is 37.1 Å². The quantitative estimate of drug-likeness (QED) is 0.846. The smallest absolute Gasteiger partial charge is 0.161 e. The molecule has 4 nitrogen and oxygen atoms in total. The van der Waals surface area contributed by atoms with Crippen LogP contribution < -0.4 is 9.47 Å². The molecule has 2 aliphatic heterocycles. The molecule has 2 aliphatic rings. The maximum atomic E-state index is 5.80. The lowest BCUT2D eigenvalue weighted by atomic mass is 10.0. The van der Waals surface area contributed by atoms with E-state index in [-0.39, 0.29) is 0 Å². The Balaban J connectivity index is 1.77. The number of fused-ring (bicyclic) bond motifs is 1. The third kappa shape index (κ3) is 2.91. The fourth-order valence-electron chi connectivity index (χ4n) is 3.07. The van der Waals surface area contributed by atoms with E-state index >= 15 is 0 Å². The molecule has 0 spiro atoms. The van der Waals surface area contributed by atoms with Crippen LogP contribution in [0.3, 0.4) is 0 Å². The highest BCUT2D eigenvalue weighted by Crippen LogP contribution is 2.37. The Morgan fingerprint density at radius 2 is 2.05 bits per heavy atom. The lowest BCUT2D eigenvalue weighted by Gasteiger charge is -2.25. The molecule has 1 aromatic rings. The minimum absolute atomic E-state index is 0.488. The van der Waals surface area contributed by atoms with Crippen LogP contribution in [0.25, 0.3) is 0 Å². The van der Waals surface area contributed by atoms with Gasteiger partial charge in [-0.15, -0.1) is 0 Å². The Labute approximate surface area is 120 Å². The zero-order valence-corrected chi connectivity index (χ0v) is 12.1. The molecule has 1 fully saturated rings. The van der Waals surface area contributed by atoms with Crippen molar-refractivity contribution in [3.8, 4) is 11.5 Å². The highest BCUT2D eigenvalue weighted by molar-refractivity contribution is 5.44. The summed E-state index contributed by atoms with van der Waals surface area (Å²) in [4.78, 5) is 2.50. The Bertz CT molecular complexity index is 449. The third-order valence-electron chi connectivity index (χ3n) is 4.10. The van der Waals surface area contributed by atoms with E-state index in [9.17, 15) is 0 Å². The molecular weight excluding hydrogens is 254 g/mol. The van der Waals surface area contributed by atoms with E-state index in [4.69, 9.17) is 14.2 Å². The topological polar surface area (TPSA) is 30.9 Å². The lowest BCUT2D eigenvalue weighted by molar-refractivity contribution is 0.141. The number of hydrogen-bond acceptors (Lipinski definition) is 4. The van der Waals surface area contributed by atoms with Crippen LogP contribution in [-0.4, -0.2) is 44.9 Å². The van der Waals surface area contributed by atoms with Crippen LogP contribution in [0, 0.1) is 0 Å². The van der Waals surface area contributed by atoms with Gasteiger partial charge in [0.05, 0.1) is 19.8 Å². The van der Waals surface area contributed by atoms with Crippen molar-refractivity contribution in [2.24, 2.45) is 0 Å². The first kappa shape index (κ1) is 13.7. The summed E-state index contributed by atoms with van der Waals surface area (Å²) >= 11 is 0. The molecule has 20 heavy (non-hydrogen) atoms. The van der Waals surface area contributed by atoms with Gasteiger partial charge in [-0.2, -0.15) is 0 Å². The number of nitrogens with zero attached hydrogens (tertiary/aromatic N) is 1. The summed E-state index contributed by atoms with van der Waals surface area (Å²) in [7, 11) is 1.76. The van der Waals surface area contributed by atoms with Gasteiger partial charge in [0, 0.05) is 26.1 Å². The molecule has 0 N–H and O–H groups in total. The molecule has 110 valence electrons. The van der Waals surface area contributed by atoms with Gasteiger partial charge in [-0.3, -0.25) is 4.90 Å². The number of benzene rings is 1. The van der Waals surface area contributed by atoms with E-state index < -0.39 is 0 Å². The summed E-state index contributed by atoms with van der Waals surface area (Å²) in [5, 5.41) is 0. The summed E-state index contributed by atoms with van der Waals surface area (Å²) < 4.78 is 16.7. The molecule has 0 radical (unpaired) electrons. The second-order valence-electron chi connectivity index (χ2n) is 5.44. The van der Waals surface area contributed by atoms with Gasteiger partial charge in [-0.25, -0.2) is 0 Å². The van der Waals surface area contributed by atoms with Crippen molar-refractivity contribution in [2.45, 2.75) is 25.3 Å². The van der Waals surface area contributed by atoms with Gasteiger partial charge >= 0.3 is 0 Å². The first-order chi connectivity index (χ1) is 9.88. The van der Waals surface area contributed by atoms with Crippen LogP contribution >= 0.6 is 0 Å². The van der Waals surface area contributed by atoms with Crippen LogP contribution in [-0.2, 0) is 4.74 Å². The van der Waals surface area contributed by atoms with Crippen LogP contribution in [0.1, 0.15) is 30.9 Å². The van der Waals surface area contributed by atoms with Crippen molar-refractivity contribution >= 4 is 0 Å². The molecule has 1 aromatic carbocycles. The van der Waals surface area contributed by atoms with E-state index in [2.05, 4.69) is 23.1 Å². The minimum Gasteiger partial charge on any atom is -0.490 e. The summed E-state index contributed by atoms with van der Waals surface area (Å²) in [6.45, 7) is 4.43. The van der Waals surface area contributed by atoms with Gasteiger partial charge in [0.25, 0.3) is 0 Å². The molecule has 2 heterocycles. The molecule has 0 aliphatic carbocycles. The van der Waals surface area contributed by atoms with E-state index in [1.54, 1.807) is 7.11 Å². The molecule has 1 saturated heterocycles. The molecule has 0 aromatic heterocycles. The van der Waals surface area contributed by atoms with Crippen LogP contribution in [0.5, 0.6) is 11.5 Å². The highest BCUT2D eigenvalue weighted by atomic mass is 16.5. The fourth-order valence-corrected chi connectivity index (χ4v) is 3.07. The van der Waals surface area contributed by atoms with Crippen molar-refractivity contribution in [3.63, 3.8) is 0 Å². The van der Waals surface area contributed by atoms with Crippen LogP contribution in [0.4, 0.5) is 0 Å². The van der Waals surface area contributed by atoms with Gasteiger partial charge in [0.1, 0.15) is 0 Å². The Morgan fingerprint density at radius 3 is 2.90 bits per heavy atom. The standard InChI is InChI=1S/C16H23NO3/c1-18-11-8-17-7-2-4-14(17)13-5-6-15-16(12-13)20-10-3-9-19-15/h5-6,12,14H,2-4,7-11H2,1H3/t14-/m0/s1. The van der Waals surface area contributed by atoms with Crippen LogP contribution in [0.15, 0.2) is 18.2 Å². The average Bonchev–Trinajstić information content (AvgIpc) is 2.81. The van der Waals surface area contributed by atoms with Crippen molar-refractivity contribution in [1.82, 2.24) is 4.90 Å². The number of ether oxygens (including phenoxy) is 3. The van der Waals surface area contributed by atoms with Crippen molar-refractivity contribution < 1.29 is 14.2 Å². The third-order valence-corrected chi connectivity index (χ3v) is 4.10. The zero-order chi connectivity index (χ0) is 13.8. The van der Waals surface area contributed by atoms with Crippen molar-refractivity contribution in [1.29, 1.82) is 0 Å². The second kappa shape index (κ2) is 6.46. The molecule has 0 saturated carbocycles. The molecule has 0 unspecified atom stereocenters. The SMILES string of the molecule is COCCN1CCC[C@H]1c1ccc2c(c1)OCCCO2.